The first-order valence-electron chi connectivity index (χ1n) is 7.08. The minimum atomic E-state index is -0.524. The van der Waals surface area contributed by atoms with Gasteiger partial charge in [0.2, 0.25) is 5.90 Å². The summed E-state index contributed by atoms with van der Waals surface area (Å²) in [6, 6.07) is 13.6. The minimum Gasteiger partial charge on any atom is -0.427 e. The lowest BCUT2D eigenvalue weighted by Crippen LogP contribution is -2.05. The Labute approximate surface area is 143 Å². The maximum absolute atomic E-state index is 11.9. The number of rotatable bonds is 3. The molecule has 0 amide bonds. The zero-order valence-corrected chi connectivity index (χ0v) is 13.4. The zero-order valence-electron chi connectivity index (χ0n) is 12.7. The molecule has 3 rings (SSSR count). The van der Waals surface area contributed by atoms with Gasteiger partial charge in [-0.25, -0.2) is 9.79 Å². The van der Waals surface area contributed by atoms with E-state index >= 15 is 0 Å². The number of cyclic esters (lactones) is 1. The van der Waals surface area contributed by atoms with Crippen molar-refractivity contribution >= 4 is 35.5 Å². The van der Waals surface area contributed by atoms with E-state index < -0.39 is 11.9 Å². The lowest BCUT2D eigenvalue weighted by atomic mass is 10.2. The Bertz CT molecular complexity index is 852. The van der Waals surface area contributed by atoms with Crippen molar-refractivity contribution in [2.75, 3.05) is 0 Å². The molecule has 1 aliphatic rings. The number of carbonyl (C=O) groups is 2. The molecule has 0 N–H and O–H groups in total. The first-order chi connectivity index (χ1) is 11.5. The Morgan fingerprint density at radius 1 is 1.12 bits per heavy atom. The van der Waals surface area contributed by atoms with Gasteiger partial charge >= 0.3 is 11.9 Å². The van der Waals surface area contributed by atoms with Crippen molar-refractivity contribution in [1.29, 1.82) is 0 Å². The van der Waals surface area contributed by atoms with E-state index in [2.05, 4.69) is 4.99 Å². The molecule has 0 bridgehead atoms. The monoisotopic (exact) mass is 341 g/mol. The number of hydrogen-bond donors (Lipinski definition) is 0. The Morgan fingerprint density at radius 2 is 1.79 bits per heavy atom. The summed E-state index contributed by atoms with van der Waals surface area (Å²) in [4.78, 5) is 27.0. The van der Waals surface area contributed by atoms with Crippen LogP contribution >= 0.6 is 11.6 Å². The second-order valence-electron chi connectivity index (χ2n) is 5.01. The van der Waals surface area contributed by atoms with Gasteiger partial charge in [0.15, 0.2) is 5.70 Å². The fourth-order valence-corrected chi connectivity index (χ4v) is 2.21. The zero-order chi connectivity index (χ0) is 17.1. The van der Waals surface area contributed by atoms with Gasteiger partial charge in [-0.1, -0.05) is 23.7 Å². The van der Waals surface area contributed by atoms with Crippen molar-refractivity contribution in [3.8, 4) is 5.75 Å². The van der Waals surface area contributed by atoms with Crippen LogP contribution in [0.4, 0.5) is 0 Å². The molecule has 5 nitrogen and oxygen atoms in total. The van der Waals surface area contributed by atoms with Gasteiger partial charge in [-0.05, 0) is 48.0 Å². The lowest BCUT2D eigenvalue weighted by Gasteiger charge is -2.00. The highest BCUT2D eigenvalue weighted by Gasteiger charge is 2.24. The van der Waals surface area contributed by atoms with Gasteiger partial charge < -0.3 is 9.47 Å². The standard InChI is InChI=1S/C18H12ClNO4/c1-11(21)23-15-8-2-12(3-9-15)10-16-18(22)24-17(20-16)13-4-6-14(19)7-5-13/h2-10H,1H3/b16-10-. The number of esters is 2. The number of nitrogens with zero attached hydrogens (tertiary/aromatic N) is 1. The van der Waals surface area contributed by atoms with Gasteiger partial charge in [0, 0.05) is 17.5 Å². The molecule has 2 aromatic rings. The predicted octanol–water partition coefficient (Wildman–Crippen LogP) is 3.61. The van der Waals surface area contributed by atoms with Crippen LogP contribution in [0.25, 0.3) is 6.08 Å². The topological polar surface area (TPSA) is 65.0 Å². The van der Waals surface area contributed by atoms with E-state index in [1.165, 1.54) is 6.92 Å². The van der Waals surface area contributed by atoms with Crippen LogP contribution in [0, 0.1) is 0 Å². The Balaban J connectivity index is 1.83. The van der Waals surface area contributed by atoms with Gasteiger partial charge in [0.1, 0.15) is 5.75 Å². The van der Waals surface area contributed by atoms with Crippen molar-refractivity contribution in [2.45, 2.75) is 6.92 Å². The van der Waals surface area contributed by atoms with E-state index in [1.54, 1.807) is 54.6 Å². The Kier molecular flexibility index (Phi) is 4.44. The average molecular weight is 342 g/mol. The molecule has 0 saturated carbocycles. The predicted molar refractivity (Wildman–Crippen MR) is 89.8 cm³/mol. The quantitative estimate of drug-likeness (QED) is 0.486. The van der Waals surface area contributed by atoms with Crippen LogP contribution in [0.15, 0.2) is 59.2 Å². The summed E-state index contributed by atoms with van der Waals surface area (Å²) < 4.78 is 10.1. The molecule has 0 aromatic heterocycles. The lowest BCUT2D eigenvalue weighted by molar-refractivity contribution is -0.132. The van der Waals surface area contributed by atoms with Gasteiger partial charge in [-0.2, -0.15) is 0 Å². The molecular formula is C18H12ClNO4. The van der Waals surface area contributed by atoms with Crippen molar-refractivity contribution in [3.63, 3.8) is 0 Å². The third-order valence-corrected chi connectivity index (χ3v) is 3.41. The number of hydrogen-bond acceptors (Lipinski definition) is 5. The van der Waals surface area contributed by atoms with E-state index in [9.17, 15) is 9.59 Å². The van der Waals surface area contributed by atoms with Crippen LogP contribution in [0.2, 0.25) is 5.02 Å². The van der Waals surface area contributed by atoms with Gasteiger partial charge in [-0.15, -0.1) is 0 Å². The van der Waals surface area contributed by atoms with Crippen molar-refractivity contribution in [2.24, 2.45) is 4.99 Å². The van der Waals surface area contributed by atoms with Crippen LogP contribution < -0.4 is 4.74 Å². The van der Waals surface area contributed by atoms with Crippen LogP contribution in [0.3, 0.4) is 0 Å². The van der Waals surface area contributed by atoms with Gasteiger partial charge in [0.05, 0.1) is 0 Å². The van der Waals surface area contributed by atoms with Crippen molar-refractivity contribution < 1.29 is 19.1 Å². The fourth-order valence-electron chi connectivity index (χ4n) is 2.08. The number of carbonyl (C=O) groups excluding carboxylic acids is 2. The normalized spacial score (nSPS) is 15.2. The third kappa shape index (κ3) is 3.70. The van der Waals surface area contributed by atoms with Gasteiger partial charge in [0.25, 0.3) is 0 Å². The van der Waals surface area contributed by atoms with Crippen LogP contribution in [-0.2, 0) is 14.3 Å². The molecule has 0 atom stereocenters. The second-order valence-corrected chi connectivity index (χ2v) is 5.44. The molecule has 0 aliphatic carbocycles. The van der Waals surface area contributed by atoms with Crippen molar-refractivity contribution in [3.05, 3.63) is 70.4 Å². The third-order valence-electron chi connectivity index (χ3n) is 3.16. The molecule has 1 aliphatic heterocycles. The molecular weight excluding hydrogens is 330 g/mol. The second kappa shape index (κ2) is 6.68. The molecule has 2 aromatic carbocycles. The summed E-state index contributed by atoms with van der Waals surface area (Å²) >= 11 is 5.84. The van der Waals surface area contributed by atoms with Crippen molar-refractivity contribution in [1.82, 2.24) is 0 Å². The average Bonchev–Trinajstić information content (AvgIpc) is 2.90. The largest absolute Gasteiger partial charge is 0.427 e. The SMILES string of the molecule is CC(=O)Oc1ccc(/C=C2\N=C(c3ccc(Cl)cc3)OC2=O)cc1. The molecule has 0 radical (unpaired) electrons. The smallest absolute Gasteiger partial charge is 0.363 e. The molecule has 0 unspecified atom stereocenters. The molecule has 120 valence electrons. The van der Waals surface area contributed by atoms with Crippen LogP contribution in [0.5, 0.6) is 5.75 Å². The summed E-state index contributed by atoms with van der Waals surface area (Å²) in [5, 5.41) is 0.590. The maximum atomic E-state index is 11.9. The Morgan fingerprint density at radius 3 is 2.42 bits per heavy atom. The summed E-state index contributed by atoms with van der Waals surface area (Å²) in [6.07, 6.45) is 1.60. The molecule has 0 fully saturated rings. The molecule has 6 heteroatoms. The van der Waals surface area contributed by atoms with Gasteiger partial charge in [-0.3, -0.25) is 4.79 Å². The van der Waals surface area contributed by atoms with E-state index in [-0.39, 0.29) is 11.6 Å². The number of aliphatic imine (C=N–C) groups is 1. The molecule has 0 saturated heterocycles. The Hall–Kier alpha value is -2.92. The molecule has 24 heavy (non-hydrogen) atoms. The van der Waals surface area contributed by atoms with E-state index in [1.807, 2.05) is 0 Å². The fraction of sp³-hybridized carbons (Fsp3) is 0.0556. The van der Waals surface area contributed by atoms with E-state index in [0.717, 1.165) is 5.56 Å². The highest BCUT2D eigenvalue weighted by molar-refractivity contribution is 6.30. The number of benzene rings is 2. The highest BCUT2D eigenvalue weighted by Crippen LogP contribution is 2.21. The highest BCUT2D eigenvalue weighted by atomic mass is 35.5. The summed E-state index contributed by atoms with van der Waals surface area (Å²) in [5.41, 5.74) is 1.60. The first-order valence-corrected chi connectivity index (χ1v) is 7.46. The van der Waals surface area contributed by atoms with E-state index in [0.29, 0.717) is 16.3 Å². The minimum absolute atomic E-state index is 0.195. The van der Waals surface area contributed by atoms with Crippen LogP contribution in [-0.4, -0.2) is 17.8 Å². The maximum Gasteiger partial charge on any atom is 0.363 e. The summed E-state index contributed by atoms with van der Waals surface area (Å²) in [5.74, 6) is -0.245. The summed E-state index contributed by atoms with van der Waals surface area (Å²) in [7, 11) is 0. The molecule has 1 heterocycles. The van der Waals surface area contributed by atoms with Crippen LogP contribution in [0.1, 0.15) is 18.1 Å². The molecule has 0 spiro atoms. The number of ether oxygens (including phenoxy) is 2. The first kappa shape index (κ1) is 16.0. The number of halogens is 1. The summed E-state index contributed by atoms with van der Waals surface area (Å²) in [6.45, 7) is 1.33. The van der Waals surface area contributed by atoms with E-state index in [4.69, 9.17) is 21.1 Å².